The van der Waals surface area contributed by atoms with Crippen LogP contribution in [0.3, 0.4) is 0 Å². The molecule has 1 amide bonds. The molecule has 0 saturated carbocycles. The Hall–Kier alpha value is -3.66. The molecule has 1 N–H and O–H groups in total. The number of ketones is 1. The van der Waals surface area contributed by atoms with Crippen LogP contribution < -0.4 is 10.1 Å². The third kappa shape index (κ3) is 3.45. The summed E-state index contributed by atoms with van der Waals surface area (Å²) < 4.78 is 5.20. The number of carbonyl (C=O) groups is 2. The van der Waals surface area contributed by atoms with Crippen molar-refractivity contribution in [2.24, 2.45) is 0 Å². The number of methoxy groups -OCH3 is 1. The minimum absolute atomic E-state index is 0.0941. The van der Waals surface area contributed by atoms with Gasteiger partial charge in [-0.05, 0) is 47.5 Å². The Bertz CT molecular complexity index is 1080. The smallest absolute Gasteiger partial charge is 0.255 e. The van der Waals surface area contributed by atoms with Crippen molar-refractivity contribution in [1.82, 2.24) is 0 Å². The second kappa shape index (κ2) is 7.53. The van der Waals surface area contributed by atoms with Gasteiger partial charge in [0, 0.05) is 23.1 Å². The number of anilines is 1. The topological polar surface area (TPSA) is 55.4 Å². The lowest BCUT2D eigenvalue weighted by Crippen LogP contribution is -2.14. The summed E-state index contributed by atoms with van der Waals surface area (Å²) in [7, 11) is 1.62. The first kappa shape index (κ1) is 17.7. The fourth-order valence-electron chi connectivity index (χ4n) is 3.35. The van der Waals surface area contributed by atoms with E-state index in [1.54, 1.807) is 31.4 Å². The van der Waals surface area contributed by atoms with Gasteiger partial charge in [-0.2, -0.15) is 0 Å². The molecule has 0 spiro atoms. The van der Waals surface area contributed by atoms with Gasteiger partial charge in [-0.3, -0.25) is 9.59 Å². The van der Waals surface area contributed by atoms with Crippen LogP contribution in [0.5, 0.6) is 5.75 Å². The molecule has 4 nitrogen and oxygen atoms in total. The Morgan fingerprint density at radius 1 is 0.857 bits per heavy atom. The number of fused-ring (bicyclic) bond motifs is 2. The minimum Gasteiger partial charge on any atom is -0.497 e. The second-order valence-corrected chi connectivity index (χ2v) is 6.61. The van der Waals surface area contributed by atoms with Gasteiger partial charge in [-0.15, -0.1) is 0 Å². The van der Waals surface area contributed by atoms with Gasteiger partial charge in [0.05, 0.1) is 12.8 Å². The number of benzene rings is 3. The Morgan fingerprint density at radius 3 is 2.29 bits per heavy atom. The SMILES string of the molecule is COc1ccc(/C=C2/Cc3ccccc3C(=O)Nc3ccccc3C2=O)cc1. The number of amides is 1. The van der Waals surface area contributed by atoms with E-state index in [1.807, 2.05) is 54.6 Å². The predicted octanol–water partition coefficient (Wildman–Crippen LogP) is 4.77. The summed E-state index contributed by atoms with van der Waals surface area (Å²) in [6, 6.07) is 22.0. The Balaban J connectivity index is 1.86. The molecule has 4 heteroatoms. The summed E-state index contributed by atoms with van der Waals surface area (Å²) in [5.74, 6) is 0.457. The average Bonchev–Trinajstić information content (AvgIpc) is 2.77. The molecule has 0 aromatic heterocycles. The van der Waals surface area contributed by atoms with Crippen LogP contribution in [0, 0.1) is 0 Å². The second-order valence-electron chi connectivity index (χ2n) is 6.61. The van der Waals surface area contributed by atoms with Crippen LogP contribution >= 0.6 is 0 Å². The first-order valence-electron chi connectivity index (χ1n) is 9.03. The van der Waals surface area contributed by atoms with E-state index < -0.39 is 0 Å². The standard InChI is InChI=1S/C24H19NO3/c1-28-19-12-10-16(11-13-19)14-18-15-17-6-2-3-7-20(17)24(27)25-22-9-5-4-8-21(22)23(18)26/h2-14H,15H2,1H3,(H,25,27)/b18-14-. The summed E-state index contributed by atoms with van der Waals surface area (Å²) in [5.41, 5.74) is 3.94. The Morgan fingerprint density at radius 2 is 1.54 bits per heavy atom. The van der Waals surface area contributed by atoms with E-state index in [1.165, 1.54) is 0 Å². The molecule has 0 aliphatic carbocycles. The van der Waals surface area contributed by atoms with Crippen molar-refractivity contribution < 1.29 is 14.3 Å². The van der Waals surface area contributed by atoms with Crippen molar-refractivity contribution in [3.8, 4) is 5.75 Å². The molecule has 1 aliphatic rings. The molecule has 0 radical (unpaired) electrons. The van der Waals surface area contributed by atoms with Gasteiger partial charge < -0.3 is 10.1 Å². The van der Waals surface area contributed by atoms with Crippen molar-refractivity contribution in [2.45, 2.75) is 6.42 Å². The third-order valence-corrected chi connectivity index (χ3v) is 4.81. The van der Waals surface area contributed by atoms with Gasteiger partial charge in [-0.25, -0.2) is 0 Å². The van der Waals surface area contributed by atoms with Crippen LogP contribution in [0.2, 0.25) is 0 Å². The monoisotopic (exact) mass is 369 g/mol. The Labute approximate surface area is 163 Å². The predicted molar refractivity (Wildman–Crippen MR) is 110 cm³/mol. The molecule has 0 bridgehead atoms. The summed E-state index contributed by atoms with van der Waals surface area (Å²) in [4.78, 5) is 26.1. The van der Waals surface area contributed by atoms with E-state index in [-0.39, 0.29) is 11.7 Å². The quantitative estimate of drug-likeness (QED) is 0.662. The third-order valence-electron chi connectivity index (χ3n) is 4.81. The van der Waals surface area contributed by atoms with Crippen LogP contribution in [0.4, 0.5) is 5.69 Å². The largest absolute Gasteiger partial charge is 0.497 e. The van der Waals surface area contributed by atoms with Crippen LogP contribution in [-0.4, -0.2) is 18.8 Å². The van der Waals surface area contributed by atoms with Crippen molar-refractivity contribution in [2.75, 3.05) is 12.4 Å². The highest BCUT2D eigenvalue weighted by Gasteiger charge is 2.23. The average molecular weight is 369 g/mol. The normalized spacial score (nSPS) is 15.0. The van der Waals surface area contributed by atoms with Crippen molar-refractivity contribution >= 4 is 23.5 Å². The molecule has 1 heterocycles. The van der Waals surface area contributed by atoms with Gasteiger partial charge in [0.15, 0.2) is 5.78 Å². The summed E-state index contributed by atoms with van der Waals surface area (Å²) in [6.07, 6.45) is 2.26. The van der Waals surface area contributed by atoms with Crippen molar-refractivity contribution in [3.63, 3.8) is 0 Å². The van der Waals surface area contributed by atoms with E-state index in [0.29, 0.717) is 28.8 Å². The number of allylic oxidation sites excluding steroid dienone is 1. The van der Waals surface area contributed by atoms with Gasteiger partial charge in [-0.1, -0.05) is 42.5 Å². The first-order valence-corrected chi connectivity index (χ1v) is 9.03. The maximum Gasteiger partial charge on any atom is 0.255 e. The van der Waals surface area contributed by atoms with E-state index >= 15 is 0 Å². The molecule has 0 atom stereocenters. The molecule has 4 rings (SSSR count). The molecular weight excluding hydrogens is 350 g/mol. The van der Waals surface area contributed by atoms with E-state index in [4.69, 9.17) is 4.74 Å². The van der Waals surface area contributed by atoms with E-state index in [9.17, 15) is 9.59 Å². The molecule has 28 heavy (non-hydrogen) atoms. The lowest BCUT2D eigenvalue weighted by molar-refractivity contribution is 0.102. The highest BCUT2D eigenvalue weighted by atomic mass is 16.5. The zero-order valence-corrected chi connectivity index (χ0v) is 15.4. The molecule has 3 aromatic rings. The number of hydrogen-bond donors (Lipinski definition) is 1. The van der Waals surface area contributed by atoms with Gasteiger partial charge in [0.2, 0.25) is 0 Å². The van der Waals surface area contributed by atoms with Crippen molar-refractivity contribution in [3.05, 3.63) is 101 Å². The summed E-state index contributed by atoms with van der Waals surface area (Å²) >= 11 is 0. The highest BCUT2D eigenvalue weighted by Crippen LogP contribution is 2.27. The van der Waals surface area contributed by atoms with Gasteiger partial charge >= 0.3 is 0 Å². The highest BCUT2D eigenvalue weighted by molar-refractivity contribution is 6.18. The number of hydrogen-bond acceptors (Lipinski definition) is 3. The zero-order valence-electron chi connectivity index (χ0n) is 15.4. The van der Waals surface area contributed by atoms with Gasteiger partial charge in [0.1, 0.15) is 5.75 Å². The fourth-order valence-corrected chi connectivity index (χ4v) is 3.35. The summed E-state index contributed by atoms with van der Waals surface area (Å²) in [6.45, 7) is 0. The van der Waals surface area contributed by atoms with Crippen LogP contribution in [0.1, 0.15) is 31.8 Å². The van der Waals surface area contributed by atoms with Crippen molar-refractivity contribution in [1.29, 1.82) is 0 Å². The number of para-hydroxylation sites is 1. The molecule has 0 fully saturated rings. The number of nitrogens with one attached hydrogen (secondary N) is 1. The van der Waals surface area contributed by atoms with E-state index in [2.05, 4.69) is 5.32 Å². The number of carbonyl (C=O) groups excluding carboxylic acids is 2. The van der Waals surface area contributed by atoms with Crippen LogP contribution in [0.15, 0.2) is 78.4 Å². The lowest BCUT2D eigenvalue weighted by atomic mass is 9.93. The van der Waals surface area contributed by atoms with E-state index in [0.717, 1.165) is 16.9 Å². The number of Topliss-reactive ketones (excluding diaryl/α,β-unsaturated/α-hetero) is 1. The van der Waals surface area contributed by atoms with Gasteiger partial charge in [0.25, 0.3) is 5.91 Å². The molecule has 138 valence electrons. The fraction of sp³-hybridized carbons (Fsp3) is 0.0833. The molecule has 1 aliphatic heterocycles. The minimum atomic E-state index is -0.207. The maximum absolute atomic E-state index is 13.3. The zero-order chi connectivity index (χ0) is 19.5. The number of rotatable bonds is 2. The molecule has 3 aromatic carbocycles. The first-order chi connectivity index (χ1) is 13.7. The number of ether oxygens (including phenoxy) is 1. The molecule has 0 unspecified atom stereocenters. The Kier molecular flexibility index (Phi) is 4.77. The van der Waals surface area contributed by atoms with Crippen LogP contribution in [-0.2, 0) is 6.42 Å². The molecular formula is C24H19NO3. The van der Waals surface area contributed by atoms with Crippen LogP contribution in [0.25, 0.3) is 6.08 Å². The summed E-state index contributed by atoms with van der Waals surface area (Å²) in [5, 5.41) is 2.88. The molecule has 0 saturated heterocycles. The lowest BCUT2D eigenvalue weighted by Gasteiger charge is -2.10. The maximum atomic E-state index is 13.3.